The molecule has 0 aliphatic rings. The molecule has 0 aliphatic heterocycles. The average Bonchev–Trinajstić information content (AvgIpc) is 3.07. The van der Waals surface area contributed by atoms with Crippen molar-refractivity contribution in [2.75, 3.05) is 11.9 Å². The molecule has 3 aromatic rings. The van der Waals surface area contributed by atoms with Gasteiger partial charge in [-0.05, 0) is 24.1 Å². The summed E-state index contributed by atoms with van der Waals surface area (Å²) in [6, 6.07) is 17.3. The number of amides is 1. The number of halogens is 1. The monoisotopic (exact) mass is 369 g/mol. The Balaban J connectivity index is 1.40. The summed E-state index contributed by atoms with van der Waals surface area (Å²) < 4.78 is 7.38. The third kappa shape index (κ3) is 5.36. The van der Waals surface area contributed by atoms with E-state index in [-0.39, 0.29) is 5.91 Å². The first-order chi connectivity index (χ1) is 12.7. The molecule has 3 rings (SSSR count). The summed E-state index contributed by atoms with van der Waals surface area (Å²) in [5.74, 6) is 0.573. The fraction of sp³-hybridized carbons (Fsp3) is 0.200. The van der Waals surface area contributed by atoms with Crippen LogP contribution in [-0.4, -0.2) is 22.3 Å². The molecule has 1 heterocycles. The van der Waals surface area contributed by atoms with E-state index in [0.717, 1.165) is 5.56 Å². The second kappa shape index (κ2) is 9.06. The zero-order chi connectivity index (χ0) is 18.2. The van der Waals surface area contributed by atoms with E-state index in [1.54, 1.807) is 16.9 Å². The second-order valence-electron chi connectivity index (χ2n) is 5.84. The Morgan fingerprint density at radius 3 is 2.69 bits per heavy atom. The fourth-order valence-corrected chi connectivity index (χ4v) is 2.68. The van der Waals surface area contributed by atoms with Gasteiger partial charge in [0.1, 0.15) is 5.75 Å². The smallest absolute Gasteiger partial charge is 0.224 e. The van der Waals surface area contributed by atoms with E-state index in [1.165, 1.54) is 0 Å². The van der Waals surface area contributed by atoms with E-state index in [0.29, 0.717) is 42.5 Å². The molecule has 1 amide bonds. The number of carbonyl (C=O) groups excluding carboxylic acids is 1. The van der Waals surface area contributed by atoms with Crippen molar-refractivity contribution in [3.8, 4) is 5.75 Å². The quantitative estimate of drug-likeness (QED) is 0.599. The molecule has 0 fully saturated rings. The van der Waals surface area contributed by atoms with Crippen LogP contribution in [0, 0.1) is 0 Å². The van der Waals surface area contributed by atoms with E-state index in [4.69, 9.17) is 16.3 Å². The van der Waals surface area contributed by atoms with Crippen molar-refractivity contribution in [1.29, 1.82) is 0 Å². The number of hydrogen-bond acceptors (Lipinski definition) is 3. The van der Waals surface area contributed by atoms with Crippen LogP contribution in [0.15, 0.2) is 67.0 Å². The summed E-state index contributed by atoms with van der Waals surface area (Å²) in [6.07, 6.45) is 4.45. The zero-order valence-corrected chi connectivity index (χ0v) is 15.0. The number of carbonyl (C=O) groups is 1. The van der Waals surface area contributed by atoms with Crippen LogP contribution in [0.4, 0.5) is 5.69 Å². The Morgan fingerprint density at radius 1 is 1.12 bits per heavy atom. The van der Waals surface area contributed by atoms with Crippen LogP contribution in [0.5, 0.6) is 5.75 Å². The number of aromatic nitrogens is 2. The third-order valence-corrected chi connectivity index (χ3v) is 4.06. The standard InChI is InChI=1S/C20H20ClN3O2/c21-18-9-4-5-10-19(18)26-12-6-11-20(25)23-17-13-22-24(15-17)14-16-7-2-1-3-8-16/h1-5,7-10,13,15H,6,11-12,14H2,(H,23,25). The minimum absolute atomic E-state index is 0.0629. The van der Waals surface area contributed by atoms with Crippen molar-refractivity contribution in [3.05, 3.63) is 77.6 Å². The molecule has 1 N–H and O–H groups in total. The highest BCUT2D eigenvalue weighted by Gasteiger charge is 2.06. The van der Waals surface area contributed by atoms with E-state index >= 15 is 0 Å². The fourth-order valence-electron chi connectivity index (χ4n) is 2.49. The minimum Gasteiger partial charge on any atom is -0.492 e. The van der Waals surface area contributed by atoms with Crippen molar-refractivity contribution in [3.63, 3.8) is 0 Å². The minimum atomic E-state index is -0.0629. The summed E-state index contributed by atoms with van der Waals surface area (Å²) in [5, 5.41) is 7.70. The first-order valence-electron chi connectivity index (χ1n) is 8.44. The van der Waals surface area contributed by atoms with Crippen LogP contribution in [0.25, 0.3) is 0 Å². The average molecular weight is 370 g/mol. The van der Waals surface area contributed by atoms with Crippen LogP contribution >= 0.6 is 11.6 Å². The van der Waals surface area contributed by atoms with Crippen molar-refractivity contribution in [2.24, 2.45) is 0 Å². The molecule has 0 unspecified atom stereocenters. The summed E-state index contributed by atoms with van der Waals surface area (Å²) in [7, 11) is 0. The molecule has 2 aromatic carbocycles. The maximum atomic E-state index is 12.0. The maximum absolute atomic E-state index is 12.0. The van der Waals surface area contributed by atoms with Gasteiger partial charge in [0.05, 0.1) is 30.1 Å². The van der Waals surface area contributed by atoms with Gasteiger partial charge in [0.2, 0.25) is 5.91 Å². The molecular formula is C20H20ClN3O2. The van der Waals surface area contributed by atoms with Crippen LogP contribution in [-0.2, 0) is 11.3 Å². The molecule has 5 nitrogen and oxygen atoms in total. The van der Waals surface area contributed by atoms with Crippen molar-refractivity contribution >= 4 is 23.2 Å². The summed E-state index contributed by atoms with van der Waals surface area (Å²) in [5.41, 5.74) is 1.85. The number of anilines is 1. The molecule has 0 saturated heterocycles. The van der Waals surface area contributed by atoms with Crippen molar-refractivity contribution in [2.45, 2.75) is 19.4 Å². The lowest BCUT2D eigenvalue weighted by atomic mass is 10.2. The van der Waals surface area contributed by atoms with Crippen molar-refractivity contribution < 1.29 is 9.53 Å². The molecular weight excluding hydrogens is 350 g/mol. The Hall–Kier alpha value is -2.79. The predicted octanol–water partition coefficient (Wildman–Crippen LogP) is 4.38. The molecule has 1 aromatic heterocycles. The first kappa shape index (κ1) is 18.0. The van der Waals surface area contributed by atoms with Crippen LogP contribution in [0.2, 0.25) is 5.02 Å². The highest BCUT2D eigenvalue weighted by Crippen LogP contribution is 2.23. The first-order valence-corrected chi connectivity index (χ1v) is 8.82. The van der Waals surface area contributed by atoms with E-state index in [2.05, 4.69) is 10.4 Å². The van der Waals surface area contributed by atoms with E-state index in [9.17, 15) is 4.79 Å². The number of para-hydroxylation sites is 1. The van der Waals surface area contributed by atoms with Gasteiger partial charge in [-0.25, -0.2) is 0 Å². The summed E-state index contributed by atoms with van der Waals surface area (Å²) in [4.78, 5) is 12.0. The van der Waals surface area contributed by atoms with Gasteiger partial charge in [-0.15, -0.1) is 0 Å². The number of benzene rings is 2. The number of rotatable bonds is 8. The largest absolute Gasteiger partial charge is 0.492 e. The van der Waals surface area contributed by atoms with Gasteiger partial charge < -0.3 is 10.1 Å². The van der Waals surface area contributed by atoms with Gasteiger partial charge in [0.25, 0.3) is 0 Å². The molecule has 134 valence electrons. The van der Waals surface area contributed by atoms with Crippen LogP contribution in [0.3, 0.4) is 0 Å². The SMILES string of the molecule is O=C(CCCOc1ccccc1Cl)Nc1cnn(Cc2ccccc2)c1. The van der Waals surface area contributed by atoms with Crippen LogP contribution in [0.1, 0.15) is 18.4 Å². The molecule has 6 heteroatoms. The lowest BCUT2D eigenvalue weighted by molar-refractivity contribution is -0.116. The zero-order valence-electron chi connectivity index (χ0n) is 14.3. The molecule has 0 atom stereocenters. The van der Waals surface area contributed by atoms with Crippen molar-refractivity contribution in [1.82, 2.24) is 9.78 Å². The maximum Gasteiger partial charge on any atom is 0.224 e. The lowest BCUT2D eigenvalue weighted by Crippen LogP contribution is -2.12. The topological polar surface area (TPSA) is 56.1 Å². The van der Waals surface area contributed by atoms with E-state index < -0.39 is 0 Å². The number of ether oxygens (including phenoxy) is 1. The van der Waals surface area contributed by atoms with Gasteiger partial charge >= 0.3 is 0 Å². The Bertz CT molecular complexity index is 849. The number of hydrogen-bond donors (Lipinski definition) is 1. The Labute approximate surface area is 157 Å². The molecule has 0 saturated carbocycles. The molecule has 0 aliphatic carbocycles. The van der Waals surface area contributed by atoms with Gasteiger partial charge in [-0.1, -0.05) is 54.1 Å². The lowest BCUT2D eigenvalue weighted by Gasteiger charge is -2.07. The normalized spacial score (nSPS) is 10.5. The van der Waals surface area contributed by atoms with Gasteiger partial charge in [-0.2, -0.15) is 5.10 Å². The number of nitrogens with one attached hydrogen (secondary N) is 1. The third-order valence-electron chi connectivity index (χ3n) is 3.75. The second-order valence-corrected chi connectivity index (χ2v) is 6.25. The highest BCUT2D eigenvalue weighted by molar-refractivity contribution is 6.32. The number of nitrogens with zero attached hydrogens (tertiary/aromatic N) is 2. The van der Waals surface area contributed by atoms with Crippen LogP contribution < -0.4 is 10.1 Å². The van der Waals surface area contributed by atoms with Gasteiger partial charge in [0.15, 0.2) is 0 Å². The Kier molecular flexibility index (Phi) is 6.28. The molecule has 0 bridgehead atoms. The van der Waals surface area contributed by atoms with E-state index in [1.807, 2.05) is 54.7 Å². The summed E-state index contributed by atoms with van der Waals surface area (Å²) >= 11 is 6.02. The predicted molar refractivity (Wildman–Crippen MR) is 103 cm³/mol. The molecule has 26 heavy (non-hydrogen) atoms. The van der Waals surface area contributed by atoms with Gasteiger partial charge in [0, 0.05) is 12.6 Å². The summed E-state index contributed by atoms with van der Waals surface area (Å²) in [6.45, 7) is 1.10. The van der Waals surface area contributed by atoms with Gasteiger partial charge in [-0.3, -0.25) is 9.48 Å². The molecule has 0 spiro atoms. The molecule has 0 radical (unpaired) electrons. The highest BCUT2D eigenvalue weighted by atomic mass is 35.5. The Morgan fingerprint density at radius 2 is 1.88 bits per heavy atom.